The van der Waals surface area contributed by atoms with Gasteiger partial charge in [-0.2, -0.15) is 0 Å². The molecule has 98 valence electrons. The summed E-state index contributed by atoms with van der Waals surface area (Å²) in [5.74, 6) is -0.703. The topological polar surface area (TPSA) is 37.3 Å². The fraction of sp³-hybridized carbons (Fsp3) is 0.235. The quantitative estimate of drug-likeness (QED) is 0.863. The van der Waals surface area contributed by atoms with Gasteiger partial charge in [-0.1, -0.05) is 61.9 Å². The molecule has 0 aliphatic rings. The Hall–Kier alpha value is -2.09. The average molecular weight is 254 g/mol. The molecule has 0 bridgehead atoms. The van der Waals surface area contributed by atoms with E-state index in [9.17, 15) is 9.90 Å². The zero-order valence-corrected chi connectivity index (χ0v) is 11.0. The first kappa shape index (κ1) is 13.3. The van der Waals surface area contributed by atoms with Gasteiger partial charge in [0.2, 0.25) is 0 Å². The summed E-state index contributed by atoms with van der Waals surface area (Å²) in [5.41, 5.74) is 2.49. The van der Waals surface area contributed by atoms with E-state index in [1.165, 1.54) is 5.56 Å². The van der Waals surface area contributed by atoms with Crippen LogP contribution in [0.25, 0.3) is 0 Å². The molecule has 0 spiro atoms. The normalized spacial score (nSPS) is 12.1. The number of aromatic carboxylic acids is 1. The first-order valence-corrected chi connectivity index (χ1v) is 6.61. The van der Waals surface area contributed by atoms with Gasteiger partial charge in [0.1, 0.15) is 0 Å². The van der Waals surface area contributed by atoms with Crippen molar-refractivity contribution >= 4 is 5.97 Å². The van der Waals surface area contributed by atoms with Gasteiger partial charge in [0, 0.05) is 5.92 Å². The number of carboxylic acids is 1. The van der Waals surface area contributed by atoms with Crippen LogP contribution < -0.4 is 0 Å². The summed E-state index contributed by atoms with van der Waals surface area (Å²) in [6.07, 6.45) is 1.97. The molecule has 1 atom stereocenters. The van der Waals surface area contributed by atoms with Gasteiger partial charge < -0.3 is 5.11 Å². The fourth-order valence-corrected chi connectivity index (χ4v) is 2.47. The molecule has 0 heterocycles. The van der Waals surface area contributed by atoms with Crippen molar-refractivity contribution in [1.29, 1.82) is 0 Å². The van der Waals surface area contributed by atoms with Crippen molar-refractivity contribution in [1.82, 2.24) is 0 Å². The van der Waals surface area contributed by atoms with Crippen molar-refractivity contribution in [2.75, 3.05) is 0 Å². The summed E-state index contributed by atoms with van der Waals surface area (Å²) in [4.78, 5) is 11.4. The number of hydrogen-bond acceptors (Lipinski definition) is 1. The maximum Gasteiger partial charge on any atom is 0.335 e. The molecule has 2 aromatic carbocycles. The maximum atomic E-state index is 11.4. The number of hydrogen-bond donors (Lipinski definition) is 1. The molecule has 0 aromatic heterocycles. The largest absolute Gasteiger partial charge is 0.478 e. The highest BCUT2D eigenvalue weighted by Gasteiger charge is 2.19. The van der Waals surface area contributed by atoms with Gasteiger partial charge in [0.25, 0.3) is 0 Å². The highest BCUT2D eigenvalue weighted by Crippen LogP contribution is 2.31. The molecule has 1 unspecified atom stereocenters. The lowest BCUT2D eigenvalue weighted by molar-refractivity contribution is 0.0695. The summed E-state index contributed by atoms with van der Waals surface area (Å²) in [7, 11) is 0. The van der Waals surface area contributed by atoms with Crippen molar-refractivity contribution in [2.45, 2.75) is 25.7 Å². The van der Waals surface area contributed by atoms with Crippen molar-refractivity contribution < 1.29 is 9.90 Å². The zero-order valence-electron chi connectivity index (χ0n) is 11.0. The van der Waals surface area contributed by atoms with Gasteiger partial charge in [0.15, 0.2) is 0 Å². The minimum atomic E-state index is -0.854. The van der Waals surface area contributed by atoms with Crippen LogP contribution in [0.15, 0.2) is 54.6 Å². The zero-order chi connectivity index (χ0) is 13.7. The summed E-state index contributed by atoms with van der Waals surface area (Å²) < 4.78 is 0. The van der Waals surface area contributed by atoms with Gasteiger partial charge >= 0.3 is 5.97 Å². The van der Waals surface area contributed by atoms with Crippen LogP contribution in [0.5, 0.6) is 0 Å². The number of carbonyl (C=O) groups is 1. The highest BCUT2D eigenvalue weighted by molar-refractivity contribution is 5.89. The van der Waals surface area contributed by atoms with Gasteiger partial charge in [-0.25, -0.2) is 4.79 Å². The first-order valence-electron chi connectivity index (χ1n) is 6.61. The van der Waals surface area contributed by atoms with E-state index in [1.54, 1.807) is 12.1 Å². The smallest absolute Gasteiger partial charge is 0.335 e. The maximum absolute atomic E-state index is 11.4. The summed E-state index contributed by atoms with van der Waals surface area (Å²) in [5, 5.41) is 9.33. The molecule has 0 saturated heterocycles. The molecule has 2 heteroatoms. The van der Waals surface area contributed by atoms with Crippen LogP contribution in [-0.2, 0) is 0 Å². The Bertz CT molecular complexity index is 546. The predicted octanol–water partition coefficient (Wildman–Crippen LogP) is 4.32. The second kappa shape index (κ2) is 6.19. The molecule has 2 aromatic rings. The molecule has 1 N–H and O–H groups in total. The van der Waals surface area contributed by atoms with Crippen LogP contribution in [0.3, 0.4) is 0 Å². The lowest BCUT2D eigenvalue weighted by atomic mass is 9.85. The van der Waals surface area contributed by atoms with E-state index in [0.717, 1.165) is 18.4 Å². The van der Waals surface area contributed by atoms with Crippen molar-refractivity contribution in [2.24, 2.45) is 0 Å². The molecule has 0 amide bonds. The summed E-state index contributed by atoms with van der Waals surface area (Å²) in [6.45, 7) is 2.12. The molecular formula is C17H18O2. The first-order chi connectivity index (χ1) is 9.24. The average Bonchev–Trinajstić information content (AvgIpc) is 2.45. The monoisotopic (exact) mass is 254 g/mol. The molecule has 0 radical (unpaired) electrons. The van der Waals surface area contributed by atoms with Gasteiger partial charge in [-0.05, 0) is 23.6 Å². The minimum absolute atomic E-state index is 0.151. The minimum Gasteiger partial charge on any atom is -0.478 e. The lowest BCUT2D eigenvalue weighted by Gasteiger charge is -2.19. The summed E-state index contributed by atoms with van der Waals surface area (Å²) in [6, 6.07) is 17.4. The van der Waals surface area contributed by atoms with Crippen LogP contribution >= 0.6 is 0 Å². The van der Waals surface area contributed by atoms with Crippen molar-refractivity contribution in [3.63, 3.8) is 0 Å². The van der Waals surface area contributed by atoms with Gasteiger partial charge in [0.05, 0.1) is 5.56 Å². The molecular weight excluding hydrogens is 236 g/mol. The summed E-state index contributed by atoms with van der Waals surface area (Å²) >= 11 is 0. The molecule has 2 rings (SSSR count). The highest BCUT2D eigenvalue weighted by atomic mass is 16.4. The Morgan fingerprint density at radius 2 is 1.68 bits per heavy atom. The lowest BCUT2D eigenvalue weighted by Crippen LogP contribution is -2.08. The van der Waals surface area contributed by atoms with E-state index in [1.807, 2.05) is 30.3 Å². The van der Waals surface area contributed by atoms with Crippen LogP contribution in [-0.4, -0.2) is 11.1 Å². The van der Waals surface area contributed by atoms with Crippen LogP contribution in [0, 0.1) is 0 Å². The molecule has 2 nitrogen and oxygen atoms in total. The Kier molecular flexibility index (Phi) is 4.35. The molecule has 0 aliphatic carbocycles. The SMILES string of the molecule is CCCC(c1ccccc1)c1ccccc1C(=O)O. The van der Waals surface area contributed by atoms with E-state index >= 15 is 0 Å². The van der Waals surface area contributed by atoms with Crippen LogP contribution in [0.4, 0.5) is 0 Å². The molecule has 0 saturated carbocycles. The Morgan fingerprint density at radius 3 is 2.32 bits per heavy atom. The fourth-order valence-electron chi connectivity index (χ4n) is 2.47. The standard InChI is InChI=1S/C17H18O2/c1-2-8-14(13-9-4-3-5-10-13)15-11-6-7-12-16(15)17(18)19/h3-7,9-12,14H,2,8H2,1H3,(H,18,19). The van der Waals surface area contributed by atoms with Crippen LogP contribution in [0.2, 0.25) is 0 Å². The van der Waals surface area contributed by atoms with Gasteiger partial charge in [-0.15, -0.1) is 0 Å². The second-order valence-corrected chi connectivity index (χ2v) is 4.64. The van der Waals surface area contributed by atoms with Crippen molar-refractivity contribution in [3.8, 4) is 0 Å². The third-order valence-electron chi connectivity index (χ3n) is 3.35. The third kappa shape index (κ3) is 3.02. The van der Waals surface area contributed by atoms with Crippen LogP contribution in [0.1, 0.15) is 47.2 Å². The molecule has 0 aliphatic heterocycles. The predicted molar refractivity (Wildman–Crippen MR) is 76.6 cm³/mol. The molecule has 0 fully saturated rings. The van der Waals surface area contributed by atoms with E-state index in [-0.39, 0.29) is 5.92 Å². The Morgan fingerprint density at radius 1 is 1.05 bits per heavy atom. The second-order valence-electron chi connectivity index (χ2n) is 4.64. The van der Waals surface area contributed by atoms with Gasteiger partial charge in [-0.3, -0.25) is 0 Å². The van der Waals surface area contributed by atoms with E-state index in [0.29, 0.717) is 5.56 Å². The van der Waals surface area contributed by atoms with E-state index in [2.05, 4.69) is 19.1 Å². The van der Waals surface area contributed by atoms with E-state index in [4.69, 9.17) is 0 Å². The van der Waals surface area contributed by atoms with Crippen molar-refractivity contribution in [3.05, 3.63) is 71.3 Å². The third-order valence-corrected chi connectivity index (χ3v) is 3.35. The Labute approximate surface area is 113 Å². The number of rotatable bonds is 5. The van der Waals surface area contributed by atoms with E-state index < -0.39 is 5.97 Å². The number of benzene rings is 2. The Balaban J connectivity index is 2.48. The molecule has 19 heavy (non-hydrogen) atoms. The number of carboxylic acid groups (broad SMARTS) is 1.